The van der Waals surface area contributed by atoms with Crippen molar-refractivity contribution >= 4 is 34.8 Å². The summed E-state index contributed by atoms with van der Waals surface area (Å²) in [4.78, 5) is 31.3. The van der Waals surface area contributed by atoms with Gasteiger partial charge in [0, 0.05) is 28.1 Å². The summed E-state index contributed by atoms with van der Waals surface area (Å²) in [7, 11) is 0. The van der Waals surface area contributed by atoms with E-state index in [1.165, 1.54) is 40.1 Å². The number of fused-ring (bicyclic) bond motifs is 4. The van der Waals surface area contributed by atoms with Crippen LogP contribution in [-0.4, -0.2) is 40.2 Å². The highest BCUT2D eigenvalue weighted by atomic mass is 35.5. The van der Waals surface area contributed by atoms with Crippen LogP contribution in [0.15, 0.2) is 66.0 Å². The molecule has 2 bridgehead atoms. The van der Waals surface area contributed by atoms with Gasteiger partial charge in [0.15, 0.2) is 5.15 Å². The Morgan fingerprint density at radius 2 is 1.93 bits per heavy atom. The molecular formula is C30H23Cl2F2N9O2. The number of hydrogen-bond donors (Lipinski definition) is 1. The molecular weight excluding hydrogens is 627 g/mol. The quantitative estimate of drug-likeness (QED) is 0.242. The smallest absolute Gasteiger partial charge is 0.323 e. The topological polar surface area (TPSA) is 136 Å². The van der Waals surface area contributed by atoms with E-state index < -0.39 is 24.1 Å². The first kappa shape index (κ1) is 30.1. The molecule has 5 aromatic rings. The number of benzene rings is 2. The SMILES string of the molecule is C[C@@H]1CCCC(n2cnc(-c3cc(Cl)ccc3-n3cc(Cl)nn3)cc2=O)c2cc(C#N)cc(c2)-c2c(cnn2C(F)F)NC1=O. The first-order valence-corrected chi connectivity index (χ1v) is 14.6. The Balaban J connectivity index is 1.49. The zero-order valence-corrected chi connectivity index (χ0v) is 25.0. The second-order valence-electron chi connectivity index (χ2n) is 10.6. The lowest BCUT2D eigenvalue weighted by atomic mass is 9.92. The van der Waals surface area contributed by atoms with Gasteiger partial charge in [0.2, 0.25) is 5.91 Å². The number of nitrogens with zero attached hydrogens (tertiary/aromatic N) is 8. The summed E-state index contributed by atoms with van der Waals surface area (Å²) in [5, 5.41) is 24.8. The number of halogens is 4. The molecule has 2 atom stereocenters. The maximum Gasteiger partial charge on any atom is 0.333 e. The second-order valence-corrected chi connectivity index (χ2v) is 11.4. The minimum atomic E-state index is -3.01. The van der Waals surface area contributed by atoms with Crippen LogP contribution in [0.2, 0.25) is 10.2 Å². The molecule has 0 saturated heterocycles. The summed E-state index contributed by atoms with van der Waals surface area (Å²) in [6, 6.07) is 12.5. The van der Waals surface area contributed by atoms with Crippen molar-refractivity contribution in [1.82, 2.24) is 34.3 Å². The Morgan fingerprint density at radius 3 is 2.64 bits per heavy atom. The molecule has 0 radical (unpaired) electrons. The molecule has 0 spiro atoms. The molecule has 4 heterocycles. The van der Waals surface area contributed by atoms with E-state index in [-0.39, 0.29) is 33.6 Å². The maximum atomic E-state index is 14.0. The summed E-state index contributed by atoms with van der Waals surface area (Å²) in [6.45, 7) is -1.27. The van der Waals surface area contributed by atoms with Gasteiger partial charge in [0.05, 0.1) is 59.2 Å². The molecule has 0 fully saturated rings. The number of carbonyl (C=O) groups is 1. The lowest BCUT2D eigenvalue weighted by molar-refractivity contribution is -0.119. The van der Waals surface area contributed by atoms with Gasteiger partial charge in [0.1, 0.15) is 0 Å². The van der Waals surface area contributed by atoms with Crippen LogP contribution < -0.4 is 10.9 Å². The average Bonchev–Trinajstić information content (AvgIpc) is 3.65. The molecule has 15 heteroatoms. The standard InChI is InChI=1S/C30H23Cl2F2N9O2/c1-16-3-2-4-24(18-7-17(12-35)8-19(9-18)28-23(38-29(16)45)13-37-43(28)30(33)34)41-15-36-22(11-27(41)44)21-10-20(31)5-6-25(21)42-14-26(32)39-40-42/h5-11,13-16,24,30H,2-4H2,1H3,(H,38,45)/t16-,24?/m1/s1. The molecule has 1 aliphatic rings. The number of rotatable bonds is 4. The van der Waals surface area contributed by atoms with Gasteiger partial charge in [-0.25, -0.2) is 14.3 Å². The zero-order chi connectivity index (χ0) is 31.8. The lowest BCUT2D eigenvalue weighted by Crippen LogP contribution is -2.27. The molecule has 1 aliphatic heterocycles. The number of alkyl halides is 2. The van der Waals surface area contributed by atoms with Crippen molar-refractivity contribution in [2.75, 3.05) is 5.32 Å². The van der Waals surface area contributed by atoms with Crippen LogP contribution >= 0.6 is 23.2 Å². The Hall–Kier alpha value is -4.93. The number of carbonyl (C=O) groups excluding carboxylic acids is 1. The number of anilines is 1. The Bertz CT molecular complexity index is 2030. The number of amides is 1. The Labute approximate surface area is 264 Å². The van der Waals surface area contributed by atoms with E-state index in [9.17, 15) is 23.6 Å². The van der Waals surface area contributed by atoms with Crippen molar-refractivity contribution in [3.8, 4) is 34.3 Å². The molecule has 0 aliphatic carbocycles. The minimum Gasteiger partial charge on any atom is -0.323 e. The van der Waals surface area contributed by atoms with Gasteiger partial charge >= 0.3 is 6.55 Å². The van der Waals surface area contributed by atoms with Crippen LogP contribution in [0.5, 0.6) is 0 Å². The molecule has 1 N–H and O–H groups in total. The fourth-order valence-corrected chi connectivity index (χ4v) is 5.77. The fraction of sp³-hybridized carbons (Fsp3) is 0.233. The number of hydrogen-bond acceptors (Lipinski definition) is 7. The van der Waals surface area contributed by atoms with Crippen LogP contribution in [0.3, 0.4) is 0 Å². The van der Waals surface area contributed by atoms with E-state index in [0.717, 1.165) is 0 Å². The summed E-state index contributed by atoms with van der Waals surface area (Å²) in [5.41, 5.74) is 1.96. The predicted octanol–water partition coefficient (Wildman–Crippen LogP) is 6.28. The summed E-state index contributed by atoms with van der Waals surface area (Å²) in [6.07, 6.45) is 5.46. The summed E-state index contributed by atoms with van der Waals surface area (Å²) in [5.74, 6) is -0.808. The van der Waals surface area contributed by atoms with Gasteiger partial charge in [0.25, 0.3) is 5.56 Å². The van der Waals surface area contributed by atoms with Crippen molar-refractivity contribution < 1.29 is 13.6 Å². The van der Waals surface area contributed by atoms with Crippen molar-refractivity contribution in [3.63, 3.8) is 0 Å². The maximum absolute atomic E-state index is 14.0. The summed E-state index contributed by atoms with van der Waals surface area (Å²) < 4.78 is 31.5. The van der Waals surface area contributed by atoms with E-state index in [4.69, 9.17) is 23.2 Å². The first-order chi connectivity index (χ1) is 21.6. The molecule has 1 amide bonds. The van der Waals surface area contributed by atoms with E-state index in [1.807, 2.05) is 0 Å². The average molecular weight is 650 g/mol. The molecule has 228 valence electrons. The van der Waals surface area contributed by atoms with Gasteiger partial charge in [-0.1, -0.05) is 41.8 Å². The third-order valence-electron chi connectivity index (χ3n) is 7.66. The highest BCUT2D eigenvalue weighted by molar-refractivity contribution is 6.31. The number of nitrogens with one attached hydrogen (secondary N) is 1. The highest BCUT2D eigenvalue weighted by Crippen LogP contribution is 2.36. The van der Waals surface area contributed by atoms with E-state index >= 15 is 0 Å². The van der Waals surface area contributed by atoms with Crippen LogP contribution in [0, 0.1) is 17.2 Å². The molecule has 3 aromatic heterocycles. The highest BCUT2D eigenvalue weighted by Gasteiger charge is 2.26. The van der Waals surface area contributed by atoms with Crippen molar-refractivity contribution in [1.29, 1.82) is 5.26 Å². The van der Waals surface area contributed by atoms with E-state index in [2.05, 4.69) is 31.8 Å². The second kappa shape index (κ2) is 12.2. The van der Waals surface area contributed by atoms with E-state index in [0.29, 0.717) is 51.5 Å². The fourth-order valence-electron chi connectivity index (χ4n) is 5.47. The third-order valence-corrected chi connectivity index (χ3v) is 8.07. The number of aromatic nitrogens is 7. The Kier molecular flexibility index (Phi) is 8.18. The third kappa shape index (κ3) is 5.94. The molecule has 0 saturated carbocycles. The van der Waals surface area contributed by atoms with Gasteiger partial charge in [-0.15, -0.1) is 5.10 Å². The Morgan fingerprint density at radius 1 is 1.11 bits per heavy atom. The molecule has 45 heavy (non-hydrogen) atoms. The minimum absolute atomic E-state index is 0.0502. The molecule has 1 unspecified atom stereocenters. The summed E-state index contributed by atoms with van der Waals surface area (Å²) >= 11 is 12.3. The molecule has 2 aromatic carbocycles. The van der Waals surface area contributed by atoms with Gasteiger partial charge in [-0.2, -0.15) is 19.1 Å². The van der Waals surface area contributed by atoms with Gasteiger partial charge in [-0.05, 0) is 54.8 Å². The lowest BCUT2D eigenvalue weighted by Gasteiger charge is -2.23. The van der Waals surface area contributed by atoms with Crippen molar-refractivity contribution in [2.45, 2.75) is 38.8 Å². The van der Waals surface area contributed by atoms with Crippen LogP contribution in [0.25, 0.3) is 28.2 Å². The zero-order valence-electron chi connectivity index (χ0n) is 23.5. The van der Waals surface area contributed by atoms with E-state index in [1.54, 1.807) is 37.3 Å². The van der Waals surface area contributed by atoms with Crippen LogP contribution in [0.1, 0.15) is 49.9 Å². The van der Waals surface area contributed by atoms with Gasteiger partial charge < -0.3 is 5.32 Å². The largest absolute Gasteiger partial charge is 0.333 e. The van der Waals surface area contributed by atoms with Crippen molar-refractivity contribution in [3.05, 3.63) is 92.8 Å². The normalized spacial score (nSPS) is 16.8. The first-order valence-electron chi connectivity index (χ1n) is 13.8. The molecule has 6 rings (SSSR count). The predicted molar refractivity (Wildman–Crippen MR) is 162 cm³/mol. The van der Waals surface area contributed by atoms with Gasteiger partial charge in [-0.3, -0.25) is 14.2 Å². The monoisotopic (exact) mass is 649 g/mol. The van der Waals surface area contributed by atoms with Crippen LogP contribution in [0.4, 0.5) is 14.5 Å². The van der Waals surface area contributed by atoms with Crippen molar-refractivity contribution in [2.24, 2.45) is 5.92 Å². The number of nitriles is 1. The molecule has 11 nitrogen and oxygen atoms in total. The van der Waals surface area contributed by atoms with Crippen LogP contribution in [-0.2, 0) is 4.79 Å².